The van der Waals surface area contributed by atoms with Crippen LogP contribution in [0.5, 0.6) is 0 Å². The van der Waals surface area contributed by atoms with Crippen molar-refractivity contribution in [3.63, 3.8) is 0 Å². The largest absolute Gasteiger partial charge is 0.394 e. The van der Waals surface area contributed by atoms with Crippen LogP contribution in [0.25, 0.3) is 0 Å². The molecule has 1 aliphatic carbocycles. The fourth-order valence-electron chi connectivity index (χ4n) is 4.62. The number of nitrogens with zero attached hydrogens (tertiary/aromatic N) is 1. The molecule has 0 radical (unpaired) electrons. The second-order valence-electron chi connectivity index (χ2n) is 7.81. The summed E-state index contributed by atoms with van der Waals surface area (Å²) in [6.07, 6.45) is 12.8. The quantitative estimate of drug-likeness (QED) is 0.738. The van der Waals surface area contributed by atoms with Crippen LogP contribution in [0.2, 0.25) is 5.02 Å². The fraction of sp³-hybridized carbons (Fsp3) is 0.714. The van der Waals surface area contributed by atoms with Crippen molar-refractivity contribution in [2.45, 2.75) is 63.8 Å². The molecule has 0 aromatic heterocycles. The van der Waals surface area contributed by atoms with Crippen LogP contribution in [-0.4, -0.2) is 29.7 Å². The first-order chi connectivity index (χ1) is 11.8. The van der Waals surface area contributed by atoms with Crippen LogP contribution in [0.1, 0.15) is 69.4 Å². The molecule has 2 fully saturated rings. The van der Waals surface area contributed by atoms with Gasteiger partial charge in [-0.25, -0.2) is 0 Å². The molecular weight excluding hydrogens is 318 g/mol. The Morgan fingerprint density at radius 2 is 1.50 bits per heavy atom. The number of hydrogen-bond donors (Lipinski definition) is 1. The zero-order valence-corrected chi connectivity index (χ0v) is 15.6. The standard InChI is InChI=1S/C21H32ClNO/c22-20-10-8-19(9-11-20)21(16-24)23-14-12-18(13-15-23)7-6-17-4-2-1-3-5-17/h8-11,17-18,21,24H,1-7,12-16H2. The van der Waals surface area contributed by atoms with E-state index in [4.69, 9.17) is 11.6 Å². The molecule has 0 bridgehead atoms. The highest BCUT2D eigenvalue weighted by Gasteiger charge is 2.26. The van der Waals surface area contributed by atoms with E-state index in [-0.39, 0.29) is 12.6 Å². The maximum absolute atomic E-state index is 9.87. The minimum atomic E-state index is 0.126. The molecule has 1 saturated heterocycles. The van der Waals surface area contributed by atoms with Crippen molar-refractivity contribution in [1.82, 2.24) is 4.90 Å². The predicted octanol–water partition coefficient (Wildman–Crippen LogP) is 5.45. The number of hydrogen-bond acceptors (Lipinski definition) is 2. The van der Waals surface area contributed by atoms with Gasteiger partial charge in [-0.1, -0.05) is 68.7 Å². The normalized spacial score (nSPS) is 22.6. The van der Waals surface area contributed by atoms with E-state index in [1.165, 1.54) is 63.4 Å². The summed E-state index contributed by atoms with van der Waals surface area (Å²) in [5.41, 5.74) is 1.18. The predicted molar refractivity (Wildman–Crippen MR) is 101 cm³/mol. The molecule has 2 aliphatic rings. The van der Waals surface area contributed by atoms with Gasteiger partial charge in [0.1, 0.15) is 0 Å². The number of aliphatic hydroxyl groups excluding tert-OH is 1. The fourth-order valence-corrected chi connectivity index (χ4v) is 4.74. The first kappa shape index (κ1) is 18.2. The van der Waals surface area contributed by atoms with Gasteiger partial charge in [-0.15, -0.1) is 0 Å². The summed E-state index contributed by atoms with van der Waals surface area (Å²) in [6, 6.07) is 8.09. The summed E-state index contributed by atoms with van der Waals surface area (Å²) in [4.78, 5) is 2.46. The van der Waals surface area contributed by atoms with E-state index in [1.807, 2.05) is 12.1 Å². The summed E-state index contributed by atoms with van der Waals surface area (Å²) >= 11 is 5.99. The lowest BCUT2D eigenvalue weighted by atomic mass is 9.82. The third kappa shape index (κ3) is 4.97. The average Bonchev–Trinajstić information content (AvgIpc) is 2.64. The van der Waals surface area contributed by atoms with Gasteiger partial charge < -0.3 is 5.11 Å². The Bertz CT molecular complexity index is 475. The van der Waals surface area contributed by atoms with Crippen LogP contribution in [0.4, 0.5) is 0 Å². The summed E-state index contributed by atoms with van der Waals surface area (Å²) < 4.78 is 0. The molecule has 3 rings (SSSR count). The summed E-state index contributed by atoms with van der Waals surface area (Å²) in [5.74, 6) is 1.91. The van der Waals surface area contributed by atoms with Gasteiger partial charge in [0.2, 0.25) is 0 Å². The Morgan fingerprint density at radius 3 is 2.08 bits per heavy atom. The lowest BCUT2D eigenvalue weighted by molar-refractivity contribution is 0.0826. The Labute approximate surface area is 152 Å². The van der Waals surface area contributed by atoms with Gasteiger partial charge in [0, 0.05) is 5.02 Å². The number of piperidine rings is 1. The second-order valence-corrected chi connectivity index (χ2v) is 8.25. The van der Waals surface area contributed by atoms with Crippen LogP contribution in [0.15, 0.2) is 24.3 Å². The van der Waals surface area contributed by atoms with Gasteiger partial charge in [-0.3, -0.25) is 4.90 Å². The highest BCUT2D eigenvalue weighted by molar-refractivity contribution is 6.30. The van der Waals surface area contributed by atoms with E-state index < -0.39 is 0 Å². The number of aliphatic hydroxyl groups is 1. The summed E-state index contributed by atoms with van der Waals surface area (Å²) in [5, 5.41) is 10.6. The number of benzene rings is 1. The Morgan fingerprint density at radius 1 is 0.917 bits per heavy atom. The summed E-state index contributed by atoms with van der Waals surface area (Å²) in [7, 11) is 0. The van der Waals surface area contributed by atoms with Crippen molar-refractivity contribution in [2.75, 3.05) is 19.7 Å². The molecule has 1 saturated carbocycles. The third-order valence-electron chi connectivity index (χ3n) is 6.23. The van der Waals surface area contributed by atoms with Crippen LogP contribution < -0.4 is 0 Å². The molecule has 3 heteroatoms. The topological polar surface area (TPSA) is 23.5 Å². The lowest BCUT2D eigenvalue weighted by Gasteiger charge is -2.37. The minimum Gasteiger partial charge on any atom is -0.394 e. The highest BCUT2D eigenvalue weighted by Crippen LogP contribution is 2.33. The third-order valence-corrected chi connectivity index (χ3v) is 6.48. The molecule has 2 nitrogen and oxygen atoms in total. The Balaban J connectivity index is 1.45. The van der Waals surface area contributed by atoms with Gasteiger partial charge >= 0.3 is 0 Å². The van der Waals surface area contributed by atoms with Crippen LogP contribution in [-0.2, 0) is 0 Å². The van der Waals surface area contributed by atoms with Crippen molar-refractivity contribution in [3.8, 4) is 0 Å². The first-order valence-corrected chi connectivity index (χ1v) is 10.2. The number of halogens is 1. The van der Waals surface area contributed by atoms with Gasteiger partial charge in [0.25, 0.3) is 0 Å². The van der Waals surface area contributed by atoms with Crippen LogP contribution in [0, 0.1) is 11.8 Å². The molecule has 1 unspecified atom stereocenters. The SMILES string of the molecule is OCC(c1ccc(Cl)cc1)N1CCC(CCC2CCCCC2)CC1. The maximum atomic E-state index is 9.87. The molecule has 1 heterocycles. The van der Waals surface area contributed by atoms with Gasteiger partial charge in [-0.05, 0) is 55.5 Å². The molecule has 1 aliphatic heterocycles. The zero-order valence-electron chi connectivity index (χ0n) is 14.8. The molecule has 1 aromatic carbocycles. The Hall–Kier alpha value is -0.570. The van der Waals surface area contributed by atoms with E-state index in [0.29, 0.717) is 0 Å². The smallest absolute Gasteiger partial charge is 0.0628 e. The molecule has 1 atom stereocenters. The van der Waals surface area contributed by atoms with Crippen LogP contribution >= 0.6 is 11.6 Å². The number of rotatable bonds is 6. The monoisotopic (exact) mass is 349 g/mol. The van der Waals surface area contributed by atoms with Gasteiger partial charge in [0.05, 0.1) is 12.6 Å². The van der Waals surface area contributed by atoms with Gasteiger partial charge in [-0.2, -0.15) is 0 Å². The van der Waals surface area contributed by atoms with E-state index in [9.17, 15) is 5.11 Å². The molecule has 24 heavy (non-hydrogen) atoms. The number of likely N-dealkylation sites (tertiary alicyclic amines) is 1. The molecule has 0 amide bonds. The van der Waals surface area contributed by atoms with E-state index >= 15 is 0 Å². The summed E-state index contributed by atoms with van der Waals surface area (Å²) in [6.45, 7) is 2.42. The zero-order chi connectivity index (χ0) is 16.8. The average molecular weight is 350 g/mol. The molecule has 134 valence electrons. The van der Waals surface area contributed by atoms with Crippen molar-refractivity contribution in [1.29, 1.82) is 0 Å². The van der Waals surface area contributed by atoms with Gasteiger partial charge in [0.15, 0.2) is 0 Å². The maximum Gasteiger partial charge on any atom is 0.0628 e. The van der Waals surface area contributed by atoms with Crippen molar-refractivity contribution >= 4 is 11.6 Å². The van der Waals surface area contributed by atoms with E-state index in [2.05, 4.69) is 17.0 Å². The Kier molecular flexibility index (Phi) is 7.00. The lowest BCUT2D eigenvalue weighted by Crippen LogP contribution is -2.38. The van der Waals surface area contributed by atoms with E-state index in [1.54, 1.807) is 0 Å². The molecule has 1 aromatic rings. The van der Waals surface area contributed by atoms with Crippen molar-refractivity contribution < 1.29 is 5.11 Å². The second kappa shape index (κ2) is 9.22. The van der Waals surface area contributed by atoms with Crippen LogP contribution in [0.3, 0.4) is 0 Å². The molecule has 0 spiro atoms. The first-order valence-electron chi connectivity index (χ1n) is 9.86. The highest BCUT2D eigenvalue weighted by atomic mass is 35.5. The van der Waals surface area contributed by atoms with Crippen molar-refractivity contribution in [2.24, 2.45) is 11.8 Å². The van der Waals surface area contributed by atoms with E-state index in [0.717, 1.165) is 29.9 Å². The molecule has 1 N–H and O–H groups in total. The van der Waals surface area contributed by atoms with Crippen molar-refractivity contribution in [3.05, 3.63) is 34.9 Å². The molecular formula is C21H32ClNO. The minimum absolute atomic E-state index is 0.126.